The fourth-order valence-electron chi connectivity index (χ4n) is 3.15. The Hall–Kier alpha value is -3.13. The first-order valence-electron chi connectivity index (χ1n) is 7.87. The van der Waals surface area contributed by atoms with Crippen LogP contribution < -0.4 is 4.74 Å². The molecule has 0 bridgehead atoms. The number of methoxy groups -OCH3 is 1. The SMILES string of the molecule is COc1ccc2cc3ccccc3c(C(=O)c3ccccc3)c2c1. The highest BCUT2D eigenvalue weighted by atomic mass is 16.5. The average molecular weight is 312 g/mol. The van der Waals surface area contributed by atoms with Crippen LogP contribution in [0.5, 0.6) is 5.75 Å². The lowest BCUT2D eigenvalue weighted by Gasteiger charge is -2.12. The fourth-order valence-corrected chi connectivity index (χ4v) is 3.15. The van der Waals surface area contributed by atoms with Crippen LogP contribution in [0.1, 0.15) is 15.9 Å². The molecule has 24 heavy (non-hydrogen) atoms. The molecule has 2 heteroatoms. The molecular formula is C22H16O2. The number of fused-ring (bicyclic) bond motifs is 2. The Morgan fingerprint density at radius 2 is 1.46 bits per heavy atom. The lowest BCUT2D eigenvalue weighted by atomic mass is 9.91. The number of benzene rings is 4. The van der Waals surface area contributed by atoms with Crippen molar-refractivity contribution in [2.45, 2.75) is 0 Å². The van der Waals surface area contributed by atoms with Gasteiger partial charge >= 0.3 is 0 Å². The quantitative estimate of drug-likeness (QED) is 0.382. The molecule has 0 saturated heterocycles. The number of rotatable bonds is 3. The molecule has 0 spiro atoms. The molecule has 0 unspecified atom stereocenters. The molecule has 4 aromatic rings. The first-order valence-corrected chi connectivity index (χ1v) is 7.87. The summed E-state index contributed by atoms with van der Waals surface area (Å²) in [6, 6.07) is 25.4. The van der Waals surface area contributed by atoms with Crippen LogP contribution in [-0.2, 0) is 0 Å². The summed E-state index contributed by atoms with van der Waals surface area (Å²) in [6.07, 6.45) is 0. The van der Waals surface area contributed by atoms with E-state index >= 15 is 0 Å². The van der Waals surface area contributed by atoms with Gasteiger partial charge in [-0.05, 0) is 39.7 Å². The predicted octanol–water partition coefficient (Wildman–Crippen LogP) is 5.23. The average Bonchev–Trinajstić information content (AvgIpc) is 2.65. The van der Waals surface area contributed by atoms with Crippen molar-refractivity contribution >= 4 is 27.3 Å². The Balaban J connectivity index is 2.10. The molecule has 0 aromatic heterocycles. The van der Waals surface area contributed by atoms with E-state index in [2.05, 4.69) is 6.07 Å². The van der Waals surface area contributed by atoms with Crippen molar-refractivity contribution in [2.24, 2.45) is 0 Å². The third kappa shape index (κ3) is 2.33. The number of hydrogen-bond donors (Lipinski definition) is 0. The predicted molar refractivity (Wildman–Crippen MR) is 97.9 cm³/mol. The molecule has 116 valence electrons. The third-order valence-electron chi connectivity index (χ3n) is 4.33. The number of carbonyl (C=O) groups excluding carboxylic acids is 1. The van der Waals surface area contributed by atoms with E-state index in [0.29, 0.717) is 5.56 Å². The van der Waals surface area contributed by atoms with Crippen molar-refractivity contribution < 1.29 is 9.53 Å². The van der Waals surface area contributed by atoms with Gasteiger partial charge in [-0.2, -0.15) is 0 Å². The Morgan fingerprint density at radius 1 is 0.750 bits per heavy atom. The van der Waals surface area contributed by atoms with Crippen molar-refractivity contribution in [3.8, 4) is 5.75 Å². The first kappa shape index (κ1) is 14.5. The van der Waals surface area contributed by atoms with Gasteiger partial charge < -0.3 is 4.74 Å². The van der Waals surface area contributed by atoms with Crippen LogP contribution in [0.15, 0.2) is 78.9 Å². The highest BCUT2D eigenvalue weighted by Gasteiger charge is 2.17. The molecule has 0 amide bonds. The molecule has 0 aliphatic heterocycles. The van der Waals surface area contributed by atoms with Crippen molar-refractivity contribution in [3.05, 3.63) is 90.0 Å². The minimum absolute atomic E-state index is 0.0330. The number of carbonyl (C=O) groups is 1. The van der Waals surface area contributed by atoms with E-state index in [-0.39, 0.29) is 5.78 Å². The topological polar surface area (TPSA) is 26.3 Å². The minimum atomic E-state index is 0.0330. The van der Waals surface area contributed by atoms with Gasteiger partial charge in [0.15, 0.2) is 5.78 Å². The number of ether oxygens (including phenoxy) is 1. The van der Waals surface area contributed by atoms with E-state index in [4.69, 9.17) is 4.74 Å². The van der Waals surface area contributed by atoms with Crippen LogP contribution in [0.2, 0.25) is 0 Å². The molecule has 0 heterocycles. The highest BCUT2D eigenvalue weighted by molar-refractivity contribution is 6.24. The maximum Gasteiger partial charge on any atom is 0.194 e. The van der Waals surface area contributed by atoms with Gasteiger partial charge in [0.1, 0.15) is 5.75 Å². The van der Waals surface area contributed by atoms with Crippen molar-refractivity contribution in [1.29, 1.82) is 0 Å². The van der Waals surface area contributed by atoms with Gasteiger partial charge in [-0.3, -0.25) is 4.79 Å². The summed E-state index contributed by atoms with van der Waals surface area (Å²) in [5.74, 6) is 0.783. The van der Waals surface area contributed by atoms with Gasteiger partial charge in [0.05, 0.1) is 7.11 Å². The number of ketones is 1. The molecule has 0 radical (unpaired) electrons. The lowest BCUT2D eigenvalue weighted by molar-refractivity contribution is 0.104. The summed E-state index contributed by atoms with van der Waals surface area (Å²) >= 11 is 0. The normalized spacial score (nSPS) is 10.9. The molecule has 4 rings (SSSR count). The van der Waals surface area contributed by atoms with E-state index in [1.807, 2.05) is 72.8 Å². The molecular weight excluding hydrogens is 296 g/mol. The summed E-state index contributed by atoms with van der Waals surface area (Å²) in [4.78, 5) is 13.2. The highest BCUT2D eigenvalue weighted by Crippen LogP contribution is 2.32. The van der Waals surface area contributed by atoms with Gasteiger partial charge in [-0.15, -0.1) is 0 Å². The Morgan fingerprint density at radius 3 is 2.25 bits per heavy atom. The van der Waals surface area contributed by atoms with Gasteiger partial charge in [0.2, 0.25) is 0 Å². The Kier molecular flexibility index (Phi) is 3.51. The van der Waals surface area contributed by atoms with E-state index in [0.717, 1.165) is 32.9 Å². The Labute approximate surface area is 140 Å². The molecule has 0 aliphatic carbocycles. The molecule has 0 fully saturated rings. The zero-order valence-electron chi connectivity index (χ0n) is 13.3. The molecule has 0 aliphatic rings. The molecule has 4 aromatic carbocycles. The molecule has 0 atom stereocenters. The van der Waals surface area contributed by atoms with Crippen LogP contribution in [0, 0.1) is 0 Å². The van der Waals surface area contributed by atoms with E-state index in [1.165, 1.54) is 0 Å². The van der Waals surface area contributed by atoms with Crippen LogP contribution in [0.4, 0.5) is 0 Å². The minimum Gasteiger partial charge on any atom is -0.497 e. The largest absolute Gasteiger partial charge is 0.497 e. The van der Waals surface area contributed by atoms with Crippen molar-refractivity contribution in [3.63, 3.8) is 0 Å². The van der Waals surface area contributed by atoms with E-state index < -0.39 is 0 Å². The van der Waals surface area contributed by atoms with Gasteiger partial charge in [-0.25, -0.2) is 0 Å². The van der Waals surface area contributed by atoms with Crippen LogP contribution >= 0.6 is 0 Å². The summed E-state index contributed by atoms with van der Waals surface area (Å²) in [5, 5.41) is 3.98. The third-order valence-corrected chi connectivity index (χ3v) is 4.33. The van der Waals surface area contributed by atoms with Crippen LogP contribution in [0.25, 0.3) is 21.5 Å². The number of hydrogen-bond acceptors (Lipinski definition) is 2. The van der Waals surface area contributed by atoms with Gasteiger partial charge in [0.25, 0.3) is 0 Å². The smallest absolute Gasteiger partial charge is 0.194 e. The second kappa shape index (κ2) is 5.82. The summed E-state index contributed by atoms with van der Waals surface area (Å²) in [7, 11) is 1.64. The first-order chi connectivity index (χ1) is 11.8. The standard InChI is InChI=1S/C22H16O2/c1-24-18-12-11-17-13-16-9-5-6-10-19(16)21(20(17)14-18)22(23)15-7-3-2-4-8-15/h2-14H,1H3. The van der Waals surface area contributed by atoms with Crippen LogP contribution in [0.3, 0.4) is 0 Å². The van der Waals surface area contributed by atoms with Gasteiger partial charge in [0, 0.05) is 11.1 Å². The molecule has 0 saturated carbocycles. The van der Waals surface area contributed by atoms with E-state index in [1.54, 1.807) is 7.11 Å². The summed E-state index contributed by atoms with van der Waals surface area (Å²) < 4.78 is 5.36. The summed E-state index contributed by atoms with van der Waals surface area (Å²) in [6.45, 7) is 0. The van der Waals surface area contributed by atoms with Crippen molar-refractivity contribution in [2.75, 3.05) is 7.11 Å². The summed E-state index contributed by atoms with van der Waals surface area (Å²) in [5.41, 5.74) is 1.42. The zero-order valence-corrected chi connectivity index (χ0v) is 13.3. The second-order valence-corrected chi connectivity index (χ2v) is 5.75. The monoisotopic (exact) mass is 312 g/mol. The Bertz CT molecular complexity index is 1050. The van der Waals surface area contributed by atoms with Crippen LogP contribution in [-0.4, -0.2) is 12.9 Å². The maximum absolute atomic E-state index is 13.2. The van der Waals surface area contributed by atoms with E-state index in [9.17, 15) is 4.79 Å². The molecule has 2 nitrogen and oxygen atoms in total. The fraction of sp³-hybridized carbons (Fsp3) is 0.0455. The molecule has 0 N–H and O–H groups in total. The lowest BCUT2D eigenvalue weighted by Crippen LogP contribution is -2.03. The second-order valence-electron chi connectivity index (χ2n) is 5.75. The van der Waals surface area contributed by atoms with Crippen molar-refractivity contribution in [1.82, 2.24) is 0 Å². The van der Waals surface area contributed by atoms with Gasteiger partial charge in [-0.1, -0.05) is 60.7 Å². The maximum atomic E-state index is 13.2. The zero-order chi connectivity index (χ0) is 16.5.